The number of ether oxygens (including phenoxy) is 6. The van der Waals surface area contributed by atoms with Crippen LogP contribution < -0.4 is 0 Å². The van der Waals surface area contributed by atoms with E-state index in [1.54, 1.807) is 13.8 Å². The molecule has 2 fully saturated rings. The Labute approximate surface area is 156 Å². The number of esters is 4. The molecular weight excluding hydrogens is 364 g/mol. The molecule has 0 aromatic carbocycles. The Morgan fingerprint density at radius 3 is 1.11 bits per heavy atom. The fourth-order valence-electron chi connectivity index (χ4n) is 3.38. The molecule has 1 saturated carbocycles. The predicted molar refractivity (Wildman–Crippen MR) is 86.0 cm³/mol. The van der Waals surface area contributed by atoms with Crippen LogP contribution in [0.25, 0.3) is 0 Å². The van der Waals surface area contributed by atoms with Crippen molar-refractivity contribution in [2.24, 2.45) is 0 Å². The summed E-state index contributed by atoms with van der Waals surface area (Å²) in [7, 11) is 0. The number of carbonyl (C=O) groups is 4. The highest BCUT2D eigenvalue weighted by Gasteiger charge is 2.63. The number of hydrogen-bond acceptors (Lipinski definition) is 10. The van der Waals surface area contributed by atoms with Crippen molar-refractivity contribution in [3.63, 3.8) is 0 Å². The van der Waals surface area contributed by atoms with Crippen LogP contribution in [0.15, 0.2) is 0 Å². The van der Waals surface area contributed by atoms with E-state index < -0.39 is 66.3 Å². The van der Waals surface area contributed by atoms with Crippen molar-refractivity contribution in [2.45, 2.75) is 84.0 Å². The fourth-order valence-corrected chi connectivity index (χ4v) is 3.38. The van der Waals surface area contributed by atoms with E-state index in [4.69, 9.17) is 28.4 Å². The van der Waals surface area contributed by atoms with Crippen molar-refractivity contribution < 1.29 is 47.6 Å². The van der Waals surface area contributed by atoms with Crippen LogP contribution >= 0.6 is 0 Å². The summed E-state index contributed by atoms with van der Waals surface area (Å²) in [6, 6.07) is 0. The van der Waals surface area contributed by atoms with E-state index in [9.17, 15) is 19.2 Å². The lowest BCUT2D eigenvalue weighted by atomic mass is 9.84. The summed E-state index contributed by atoms with van der Waals surface area (Å²) in [5.41, 5.74) is 0. The Hall–Kier alpha value is -2.20. The fraction of sp³-hybridized carbons (Fsp3) is 0.765. The van der Waals surface area contributed by atoms with Gasteiger partial charge < -0.3 is 28.4 Å². The van der Waals surface area contributed by atoms with Gasteiger partial charge in [0.1, 0.15) is 12.2 Å². The highest BCUT2D eigenvalue weighted by molar-refractivity contribution is 5.69. The molecule has 1 aliphatic carbocycles. The van der Waals surface area contributed by atoms with E-state index in [0.29, 0.717) is 0 Å². The van der Waals surface area contributed by atoms with Gasteiger partial charge in [-0.25, -0.2) is 0 Å². The quantitative estimate of drug-likeness (QED) is 0.489. The maximum Gasteiger partial charge on any atom is 0.303 e. The molecule has 27 heavy (non-hydrogen) atoms. The Kier molecular flexibility index (Phi) is 6.10. The van der Waals surface area contributed by atoms with Crippen LogP contribution in [0.1, 0.15) is 41.5 Å². The Balaban J connectivity index is 2.52. The van der Waals surface area contributed by atoms with E-state index in [2.05, 4.69) is 0 Å². The first-order chi connectivity index (χ1) is 12.4. The van der Waals surface area contributed by atoms with Crippen LogP contribution in [0.4, 0.5) is 0 Å². The van der Waals surface area contributed by atoms with Crippen molar-refractivity contribution in [3.8, 4) is 0 Å². The van der Waals surface area contributed by atoms with Gasteiger partial charge in [-0.05, 0) is 13.8 Å². The van der Waals surface area contributed by atoms with Gasteiger partial charge in [-0.3, -0.25) is 19.2 Å². The summed E-state index contributed by atoms with van der Waals surface area (Å²) in [4.78, 5) is 46.5. The number of fused-ring (bicyclic) bond motifs is 1. The van der Waals surface area contributed by atoms with Crippen molar-refractivity contribution in [2.75, 3.05) is 0 Å². The zero-order chi connectivity index (χ0) is 20.5. The molecule has 0 aromatic rings. The van der Waals surface area contributed by atoms with Crippen molar-refractivity contribution >= 4 is 23.9 Å². The monoisotopic (exact) mass is 388 g/mol. The first-order valence-corrected chi connectivity index (χ1v) is 8.46. The van der Waals surface area contributed by atoms with Gasteiger partial charge in [0.25, 0.3) is 0 Å². The van der Waals surface area contributed by atoms with Gasteiger partial charge in [0.15, 0.2) is 30.2 Å². The van der Waals surface area contributed by atoms with Crippen LogP contribution in [0.2, 0.25) is 0 Å². The molecule has 0 aromatic heterocycles. The minimum Gasteiger partial charge on any atom is -0.456 e. The Morgan fingerprint density at radius 2 is 0.852 bits per heavy atom. The Morgan fingerprint density at radius 1 is 0.593 bits per heavy atom. The average molecular weight is 388 g/mol. The molecule has 1 heterocycles. The van der Waals surface area contributed by atoms with Gasteiger partial charge in [-0.1, -0.05) is 0 Å². The van der Waals surface area contributed by atoms with Gasteiger partial charge >= 0.3 is 23.9 Å². The second kappa shape index (κ2) is 7.81. The van der Waals surface area contributed by atoms with E-state index in [0.717, 1.165) is 13.8 Å². The maximum atomic E-state index is 11.6. The first-order valence-electron chi connectivity index (χ1n) is 8.46. The minimum absolute atomic E-state index is 0.656. The summed E-state index contributed by atoms with van der Waals surface area (Å²) >= 11 is 0. The lowest BCUT2D eigenvalue weighted by Gasteiger charge is -2.44. The van der Waals surface area contributed by atoms with E-state index >= 15 is 0 Å². The second-order valence-electron chi connectivity index (χ2n) is 6.86. The number of carbonyl (C=O) groups excluding carboxylic acids is 4. The maximum absolute atomic E-state index is 11.6. The standard InChI is InChI=1S/C17H24O10/c1-7(18)22-11-12(23-8(2)19)14(25-10(4)21)16-15(13(11)24-9(3)20)26-17(5,6)27-16/h11-16H,1-6H3/t11-,12+,13-,14+,15-,16-/m1/s1. The summed E-state index contributed by atoms with van der Waals surface area (Å²) in [5.74, 6) is -3.81. The first kappa shape index (κ1) is 21.1. The molecule has 0 N–H and O–H groups in total. The second-order valence-corrected chi connectivity index (χ2v) is 6.86. The molecule has 0 amide bonds. The Bertz CT molecular complexity index is 575. The smallest absolute Gasteiger partial charge is 0.303 e. The van der Waals surface area contributed by atoms with Gasteiger partial charge in [-0.15, -0.1) is 0 Å². The van der Waals surface area contributed by atoms with Crippen molar-refractivity contribution in [1.29, 1.82) is 0 Å². The normalized spacial score (nSPS) is 34.1. The lowest BCUT2D eigenvalue weighted by Crippen LogP contribution is -2.66. The van der Waals surface area contributed by atoms with E-state index in [-0.39, 0.29) is 0 Å². The third kappa shape index (κ3) is 4.95. The molecule has 0 unspecified atom stereocenters. The molecule has 10 nitrogen and oxygen atoms in total. The summed E-state index contributed by atoms with van der Waals surface area (Å²) in [6.45, 7) is 7.92. The number of rotatable bonds is 4. The van der Waals surface area contributed by atoms with E-state index in [1.165, 1.54) is 13.8 Å². The third-order valence-corrected chi connectivity index (χ3v) is 3.99. The summed E-state index contributed by atoms with van der Waals surface area (Å²) in [6.07, 6.45) is -6.59. The molecule has 0 radical (unpaired) electrons. The number of hydrogen-bond donors (Lipinski definition) is 0. The molecule has 6 atom stereocenters. The molecule has 2 rings (SSSR count). The summed E-state index contributed by atoms with van der Waals surface area (Å²) in [5, 5.41) is 0. The SMILES string of the molecule is CC(=O)O[C@@H]1[C@H](OC(C)=O)[C@H](OC(C)=O)[C@H]2OC(C)(C)O[C@@H]2[C@@H]1OC(C)=O. The van der Waals surface area contributed by atoms with Crippen LogP contribution in [0.3, 0.4) is 0 Å². The lowest BCUT2D eigenvalue weighted by molar-refractivity contribution is -0.234. The molecule has 2 aliphatic rings. The van der Waals surface area contributed by atoms with Crippen LogP contribution in [0.5, 0.6) is 0 Å². The van der Waals surface area contributed by atoms with Crippen LogP contribution in [-0.2, 0) is 47.6 Å². The summed E-state index contributed by atoms with van der Waals surface area (Å²) < 4.78 is 32.9. The van der Waals surface area contributed by atoms with Crippen LogP contribution in [0, 0.1) is 0 Å². The largest absolute Gasteiger partial charge is 0.456 e. The third-order valence-electron chi connectivity index (χ3n) is 3.99. The molecule has 10 heteroatoms. The van der Waals surface area contributed by atoms with Crippen molar-refractivity contribution in [1.82, 2.24) is 0 Å². The topological polar surface area (TPSA) is 124 Å². The van der Waals surface area contributed by atoms with Gasteiger partial charge in [0, 0.05) is 27.7 Å². The zero-order valence-corrected chi connectivity index (χ0v) is 16.0. The highest BCUT2D eigenvalue weighted by atomic mass is 16.8. The molecule has 1 saturated heterocycles. The predicted octanol–water partition coefficient (Wildman–Crippen LogP) is 0.247. The molecule has 0 spiro atoms. The van der Waals surface area contributed by atoms with E-state index in [1.807, 2.05) is 0 Å². The molecular formula is C17H24O10. The van der Waals surface area contributed by atoms with Gasteiger partial charge in [0.05, 0.1) is 0 Å². The minimum atomic E-state index is -1.25. The molecule has 152 valence electrons. The van der Waals surface area contributed by atoms with Crippen molar-refractivity contribution in [3.05, 3.63) is 0 Å². The average Bonchev–Trinajstić information content (AvgIpc) is 2.80. The molecule has 1 aliphatic heterocycles. The van der Waals surface area contributed by atoms with Gasteiger partial charge in [0.2, 0.25) is 0 Å². The van der Waals surface area contributed by atoms with Gasteiger partial charge in [-0.2, -0.15) is 0 Å². The van der Waals surface area contributed by atoms with Crippen LogP contribution in [-0.4, -0.2) is 66.3 Å². The zero-order valence-electron chi connectivity index (χ0n) is 16.0. The highest BCUT2D eigenvalue weighted by Crippen LogP contribution is 2.41. The molecule has 0 bridgehead atoms.